The SMILES string of the molecule is COCCCNc1cc(-c2ccc(NC(C)=O)cc2)cc(-c2cc(F)ccc2O)n1. The number of methoxy groups -OCH3 is 1. The predicted molar refractivity (Wildman–Crippen MR) is 116 cm³/mol. The van der Waals surface area contributed by atoms with Gasteiger partial charge in [0.1, 0.15) is 17.4 Å². The minimum Gasteiger partial charge on any atom is -0.507 e. The van der Waals surface area contributed by atoms with Crippen LogP contribution in [0.4, 0.5) is 15.9 Å². The average Bonchev–Trinajstić information content (AvgIpc) is 2.73. The van der Waals surface area contributed by atoms with Crippen molar-refractivity contribution in [2.24, 2.45) is 0 Å². The van der Waals surface area contributed by atoms with Crippen LogP contribution in [-0.2, 0) is 9.53 Å². The maximum absolute atomic E-state index is 13.8. The molecule has 0 saturated heterocycles. The molecule has 6 nitrogen and oxygen atoms in total. The van der Waals surface area contributed by atoms with Gasteiger partial charge in [-0.3, -0.25) is 4.79 Å². The first-order valence-electron chi connectivity index (χ1n) is 9.58. The number of pyridine rings is 1. The number of phenolic OH excluding ortho intramolecular Hbond substituents is 1. The zero-order valence-corrected chi connectivity index (χ0v) is 16.9. The van der Waals surface area contributed by atoms with Gasteiger partial charge in [-0.15, -0.1) is 0 Å². The van der Waals surface area contributed by atoms with E-state index >= 15 is 0 Å². The number of hydrogen-bond donors (Lipinski definition) is 3. The van der Waals surface area contributed by atoms with Crippen LogP contribution in [0.5, 0.6) is 5.75 Å². The fraction of sp³-hybridized carbons (Fsp3) is 0.217. The summed E-state index contributed by atoms with van der Waals surface area (Å²) in [6.07, 6.45) is 0.800. The van der Waals surface area contributed by atoms with Gasteiger partial charge in [0, 0.05) is 38.4 Å². The van der Waals surface area contributed by atoms with Crippen LogP contribution in [0.15, 0.2) is 54.6 Å². The van der Waals surface area contributed by atoms with Crippen molar-refractivity contribution in [1.82, 2.24) is 4.98 Å². The first-order chi connectivity index (χ1) is 14.5. The third-order valence-corrected chi connectivity index (χ3v) is 4.43. The Kier molecular flexibility index (Phi) is 6.98. The molecular formula is C23H24FN3O3. The molecule has 0 unspecified atom stereocenters. The molecule has 0 aliphatic rings. The second kappa shape index (κ2) is 9.84. The Balaban J connectivity index is 1.98. The molecule has 2 aromatic carbocycles. The number of aromatic hydroxyl groups is 1. The van der Waals surface area contributed by atoms with Crippen molar-refractivity contribution in [1.29, 1.82) is 0 Å². The molecule has 0 fully saturated rings. The number of hydrogen-bond acceptors (Lipinski definition) is 5. The molecule has 1 aromatic heterocycles. The number of carbonyl (C=O) groups excluding carboxylic acids is 1. The van der Waals surface area contributed by atoms with Gasteiger partial charge in [0.25, 0.3) is 0 Å². The van der Waals surface area contributed by atoms with Crippen LogP contribution in [-0.4, -0.2) is 36.3 Å². The van der Waals surface area contributed by atoms with E-state index in [4.69, 9.17) is 4.74 Å². The summed E-state index contributed by atoms with van der Waals surface area (Å²) >= 11 is 0. The summed E-state index contributed by atoms with van der Waals surface area (Å²) in [7, 11) is 1.65. The van der Waals surface area contributed by atoms with Crippen molar-refractivity contribution in [2.75, 3.05) is 30.9 Å². The number of phenols is 1. The highest BCUT2D eigenvalue weighted by Gasteiger charge is 2.12. The summed E-state index contributed by atoms with van der Waals surface area (Å²) in [5.74, 6) is -0.0390. The van der Waals surface area contributed by atoms with E-state index in [0.29, 0.717) is 35.9 Å². The lowest BCUT2D eigenvalue weighted by molar-refractivity contribution is -0.114. The Morgan fingerprint density at radius 1 is 1.10 bits per heavy atom. The first-order valence-corrected chi connectivity index (χ1v) is 9.58. The third-order valence-electron chi connectivity index (χ3n) is 4.43. The fourth-order valence-corrected chi connectivity index (χ4v) is 3.02. The molecule has 30 heavy (non-hydrogen) atoms. The molecular weight excluding hydrogens is 385 g/mol. The molecule has 0 aliphatic carbocycles. The van der Waals surface area contributed by atoms with Gasteiger partial charge in [-0.25, -0.2) is 9.37 Å². The molecule has 0 atom stereocenters. The van der Waals surface area contributed by atoms with Crippen LogP contribution in [0.1, 0.15) is 13.3 Å². The molecule has 1 heterocycles. The molecule has 3 aromatic rings. The Hall–Kier alpha value is -3.45. The second-order valence-electron chi connectivity index (χ2n) is 6.82. The van der Waals surface area contributed by atoms with Crippen molar-refractivity contribution in [3.05, 3.63) is 60.4 Å². The lowest BCUT2D eigenvalue weighted by Gasteiger charge is -2.13. The molecule has 0 spiro atoms. The molecule has 0 bridgehead atoms. The maximum atomic E-state index is 13.8. The number of ether oxygens (including phenoxy) is 1. The van der Waals surface area contributed by atoms with Gasteiger partial charge in [0.05, 0.1) is 5.69 Å². The van der Waals surface area contributed by atoms with Gasteiger partial charge in [-0.05, 0) is 60.0 Å². The largest absolute Gasteiger partial charge is 0.507 e. The number of nitrogens with zero attached hydrogens (tertiary/aromatic N) is 1. The Morgan fingerprint density at radius 2 is 1.87 bits per heavy atom. The standard InChI is InChI=1S/C23H24FN3O3/c1-15(28)26-19-7-4-16(5-8-19)17-12-21(20-14-18(24)6-9-22(20)29)27-23(13-17)25-10-3-11-30-2/h4-9,12-14,29H,3,10-11H2,1-2H3,(H,25,27)(H,26,28). The number of aromatic nitrogens is 1. The van der Waals surface area contributed by atoms with Crippen molar-refractivity contribution in [3.63, 3.8) is 0 Å². The lowest BCUT2D eigenvalue weighted by Crippen LogP contribution is -2.07. The Labute approximate surface area is 174 Å². The van der Waals surface area contributed by atoms with Gasteiger partial charge < -0.3 is 20.5 Å². The van der Waals surface area contributed by atoms with E-state index in [1.807, 2.05) is 30.3 Å². The quantitative estimate of drug-likeness (QED) is 0.471. The van der Waals surface area contributed by atoms with E-state index < -0.39 is 5.82 Å². The van der Waals surface area contributed by atoms with E-state index in [0.717, 1.165) is 17.5 Å². The topological polar surface area (TPSA) is 83.5 Å². The summed E-state index contributed by atoms with van der Waals surface area (Å²) in [6, 6.07) is 14.8. The molecule has 0 saturated carbocycles. The fourth-order valence-electron chi connectivity index (χ4n) is 3.02. The zero-order chi connectivity index (χ0) is 21.5. The molecule has 3 rings (SSSR count). The average molecular weight is 409 g/mol. The van der Waals surface area contributed by atoms with Crippen molar-refractivity contribution >= 4 is 17.4 Å². The normalized spacial score (nSPS) is 10.6. The number of amides is 1. The number of nitrogens with one attached hydrogen (secondary N) is 2. The molecule has 156 valence electrons. The highest BCUT2D eigenvalue weighted by Crippen LogP contribution is 2.33. The zero-order valence-electron chi connectivity index (χ0n) is 16.9. The molecule has 0 radical (unpaired) electrons. The van der Waals surface area contributed by atoms with E-state index in [2.05, 4.69) is 15.6 Å². The minimum absolute atomic E-state index is 0.0487. The molecule has 7 heteroatoms. The van der Waals surface area contributed by atoms with Gasteiger partial charge in [-0.1, -0.05) is 12.1 Å². The van der Waals surface area contributed by atoms with Gasteiger partial charge in [0.15, 0.2) is 0 Å². The van der Waals surface area contributed by atoms with Crippen LogP contribution < -0.4 is 10.6 Å². The van der Waals surface area contributed by atoms with Crippen LogP contribution in [0.2, 0.25) is 0 Å². The summed E-state index contributed by atoms with van der Waals surface area (Å²) in [5.41, 5.74) is 3.19. The number of rotatable bonds is 8. The monoisotopic (exact) mass is 409 g/mol. The maximum Gasteiger partial charge on any atom is 0.221 e. The van der Waals surface area contributed by atoms with Crippen molar-refractivity contribution in [2.45, 2.75) is 13.3 Å². The molecule has 1 amide bonds. The number of carbonyl (C=O) groups is 1. The smallest absolute Gasteiger partial charge is 0.221 e. The van der Waals surface area contributed by atoms with E-state index in [-0.39, 0.29) is 11.7 Å². The second-order valence-corrected chi connectivity index (χ2v) is 6.82. The summed E-state index contributed by atoms with van der Waals surface area (Å²) in [6.45, 7) is 2.73. The van der Waals surface area contributed by atoms with Gasteiger partial charge in [0.2, 0.25) is 5.91 Å². The van der Waals surface area contributed by atoms with Crippen molar-refractivity contribution < 1.29 is 19.0 Å². The van der Waals surface area contributed by atoms with E-state index in [9.17, 15) is 14.3 Å². The van der Waals surface area contributed by atoms with E-state index in [1.54, 1.807) is 13.2 Å². The van der Waals surface area contributed by atoms with Crippen LogP contribution >= 0.6 is 0 Å². The Morgan fingerprint density at radius 3 is 2.57 bits per heavy atom. The summed E-state index contributed by atoms with van der Waals surface area (Å²) in [4.78, 5) is 15.8. The number of benzene rings is 2. The number of halogens is 1. The highest BCUT2D eigenvalue weighted by atomic mass is 19.1. The summed E-state index contributed by atoms with van der Waals surface area (Å²) < 4.78 is 18.9. The van der Waals surface area contributed by atoms with Gasteiger partial charge in [-0.2, -0.15) is 0 Å². The van der Waals surface area contributed by atoms with Crippen LogP contribution in [0.3, 0.4) is 0 Å². The van der Waals surface area contributed by atoms with Crippen molar-refractivity contribution in [3.8, 4) is 28.1 Å². The van der Waals surface area contributed by atoms with E-state index in [1.165, 1.54) is 25.1 Å². The number of anilines is 2. The molecule has 3 N–H and O–H groups in total. The Bertz CT molecular complexity index is 1020. The predicted octanol–water partition coefficient (Wildman–Crippen LogP) is 4.67. The lowest BCUT2D eigenvalue weighted by atomic mass is 10.0. The minimum atomic E-state index is -0.454. The molecule has 0 aliphatic heterocycles. The van der Waals surface area contributed by atoms with Crippen LogP contribution in [0, 0.1) is 5.82 Å². The summed E-state index contributed by atoms with van der Waals surface area (Å²) in [5, 5.41) is 16.2. The third kappa shape index (κ3) is 5.55. The van der Waals surface area contributed by atoms with Crippen LogP contribution in [0.25, 0.3) is 22.4 Å². The van der Waals surface area contributed by atoms with Gasteiger partial charge >= 0.3 is 0 Å². The first kappa shape index (κ1) is 21.3. The highest BCUT2D eigenvalue weighted by molar-refractivity contribution is 5.89.